The Labute approximate surface area is 215 Å². The van der Waals surface area contributed by atoms with E-state index in [2.05, 4.69) is 15.3 Å². The molecule has 38 heavy (non-hydrogen) atoms. The molecule has 2 aliphatic rings. The smallest absolute Gasteiger partial charge is 0.381 e. The van der Waals surface area contributed by atoms with Gasteiger partial charge in [0.15, 0.2) is 11.5 Å². The van der Waals surface area contributed by atoms with Crippen LogP contribution in [0.25, 0.3) is 11.1 Å². The molecule has 2 atom stereocenters. The number of anilines is 2. The van der Waals surface area contributed by atoms with Crippen molar-refractivity contribution >= 4 is 23.3 Å². The van der Waals surface area contributed by atoms with Crippen molar-refractivity contribution < 1.29 is 31.9 Å². The molecule has 7 nitrogen and oxygen atoms in total. The summed E-state index contributed by atoms with van der Waals surface area (Å²) in [5.41, 5.74) is 1.05. The molecule has 1 saturated heterocycles. The van der Waals surface area contributed by atoms with Crippen LogP contribution in [0.5, 0.6) is 0 Å². The highest BCUT2D eigenvalue weighted by Gasteiger charge is 2.42. The Morgan fingerprint density at radius 3 is 2.71 bits per heavy atom. The van der Waals surface area contributed by atoms with Crippen LogP contribution >= 0.6 is 0 Å². The molecule has 5 rings (SSSR count). The maximum absolute atomic E-state index is 14.4. The standard InChI is InChI=1S/C27H24F4N4O3/c1-3-35-24-20(17-7-9-38-13-21(17)26(35)37)10-15(12-33-24)19-11-16(5-4-14(19)2)34-25(36)18-6-8-32-23(22(18)28)27(29,30)31/h4-6,8,10-12,17,21H,3,7,9,13H2,1-2H3,(H,34,36)/t17-,21+/m0/s1. The van der Waals surface area contributed by atoms with Gasteiger partial charge in [0.25, 0.3) is 5.91 Å². The predicted octanol–water partition coefficient (Wildman–Crippen LogP) is 5.35. The van der Waals surface area contributed by atoms with Crippen LogP contribution in [0.4, 0.5) is 29.1 Å². The Kier molecular flexibility index (Phi) is 6.64. The topological polar surface area (TPSA) is 84.4 Å². The number of alkyl halides is 3. The fraction of sp³-hybridized carbons (Fsp3) is 0.333. The van der Waals surface area contributed by atoms with E-state index in [1.54, 1.807) is 29.3 Å². The minimum absolute atomic E-state index is 0.00265. The Morgan fingerprint density at radius 1 is 1.18 bits per heavy atom. The van der Waals surface area contributed by atoms with Crippen LogP contribution in [0.3, 0.4) is 0 Å². The minimum Gasteiger partial charge on any atom is -0.381 e. The Bertz CT molecular complexity index is 1430. The first kappa shape index (κ1) is 25.8. The summed E-state index contributed by atoms with van der Waals surface area (Å²) < 4.78 is 59.1. The van der Waals surface area contributed by atoms with Gasteiger partial charge >= 0.3 is 6.18 Å². The van der Waals surface area contributed by atoms with Crippen molar-refractivity contribution in [3.8, 4) is 11.1 Å². The predicted molar refractivity (Wildman–Crippen MR) is 131 cm³/mol. The number of carbonyl (C=O) groups excluding carboxylic acids is 2. The highest BCUT2D eigenvalue weighted by molar-refractivity contribution is 6.05. The van der Waals surface area contributed by atoms with Gasteiger partial charge in [0.1, 0.15) is 5.82 Å². The monoisotopic (exact) mass is 528 g/mol. The molecule has 0 bridgehead atoms. The lowest BCUT2D eigenvalue weighted by Gasteiger charge is -2.40. The number of aromatic nitrogens is 2. The number of amides is 2. The van der Waals surface area contributed by atoms with Gasteiger partial charge in [-0.1, -0.05) is 6.07 Å². The van der Waals surface area contributed by atoms with Crippen LogP contribution < -0.4 is 10.2 Å². The number of aryl methyl sites for hydroxylation is 1. The molecule has 0 spiro atoms. The maximum Gasteiger partial charge on any atom is 0.436 e. The summed E-state index contributed by atoms with van der Waals surface area (Å²) in [6.45, 7) is 5.14. The molecular weight excluding hydrogens is 504 g/mol. The molecule has 1 N–H and O–H groups in total. The summed E-state index contributed by atoms with van der Waals surface area (Å²) in [4.78, 5) is 35.0. The average Bonchev–Trinajstić information content (AvgIpc) is 2.89. The van der Waals surface area contributed by atoms with Gasteiger partial charge < -0.3 is 10.1 Å². The summed E-state index contributed by atoms with van der Waals surface area (Å²) in [7, 11) is 0. The van der Waals surface area contributed by atoms with Crippen LogP contribution in [-0.2, 0) is 15.7 Å². The third-order valence-corrected chi connectivity index (χ3v) is 7.01. The van der Waals surface area contributed by atoms with E-state index in [1.165, 1.54) is 0 Å². The molecule has 0 radical (unpaired) electrons. The van der Waals surface area contributed by atoms with Gasteiger partial charge in [0.2, 0.25) is 5.91 Å². The second kappa shape index (κ2) is 9.79. The van der Waals surface area contributed by atoms with Gasteiger partial charge in [0.05, 0.1) is 18.1 Å². The van der Waals surface area contributed by atoms with Crippen molar-refractivity contribution in [2.75, 3.05) is 30.0 Å². The fourth-order valence-corrected chi connectivity index (χ4v) is 5.11. The lowest BCUT2D eigenvalue weighted by Crippen LogP contribution is -2.47. The van der Waals surface area contributed by atoms with E-state index in [0.29, 0.717) is 32.0 Å². The number of hydrogen-bond acceptors (Lipinski definition) is 5. The first-order valence-corrected chi connectivity index (χ1v) is 12.1. The van der Waals surface area contributed by atoms with Crippen LogP contribution in [0, 0.1) is 18.7 Å². The Morgan fingerprint density at radius 2 is 1.97 bits per heavy atom. The lowest BCUT2D eigenvalue weighted by atomic mass is 9.78. The molecule has 4 heterocycles. The summed E-state index contributed by atoms with van der Waals surface area (Å²) in [6, 6.07) is 7.87. The Hall–Kier alpha value is -3.86. The SMILES string of the molecule is CCN1C(=O)[C@@H]2COCC[C@H]2c2cc(-c3cc(NC(=O)c4ccnc(C(F)(F)F)c4F)ccc3C)cnc21. The number of carbonyl (C=O) groups is 2. The summed E-state index contributed by atoms with van der Waals surface area (Å²) in [5.74, 6) is -2.44. The summed E-state index contributed by atoms with van der Waals surface area (Å²) >= 11 is 0. The summed E-state index contributed by atoms with van der Waals surface area (Å²) in [6.07, 6.45) is -1.94. The van der Waals surface area contributed by atoms with E-state index in [0.717, 1.165) is 34.5 Å². The normalized spacial score (nSPS) is 19.1. The van der Waals surface area contributed by atoms with Crippen molar-refractivity contribution in [3.05, 3.63) is 70.9 Å². The molecule has 1 aromatic carbocycles. The lowest BCUT2D eigenvalue weighted by molar-refractivity contribution is -0.143. The largest absolute Gasteiger partial charge is 0.436 e. The average molecular weight is 529 g/mol. The molecule has 2 amide bonds. The molecule has 0 aliphatic carbocycles. The number of benzene rings is 1. The number of pyridine rings is 2. The molecular formula is C27H24F4N4O3. The van der Waals surface area contributed by atoms with Crippen LogP contribution in [0.1, 0.15) is 46.4 Å². The first-order chi connectivity index (χ1) is 18.1. The quantitative estimate of drug-likeness (QED) is 0.462. The van der Waals surface area contributed by atoms with Gasteiger partial charge in [-0.3, -0.25) is 14.5 Å². The third-order valence-electron chi connectivity index (χ3n) is 7.01. The summed E-state index contributed by atoms with van der Waals surface area (Å²) in [5, 5.41) is 2.48. The van der Waals surface area contributed by atoms with Crippen molar-refractivity contribution in [3.63, 3.8) is 0 Å². The van der Waals surface area contributed by atoms with Crippen molar-refractivity contribution in [2.45, 2.75) is 32.4 Å². The van der Waals surface area contributed by atoms with Crippen molar-refractivity contribution in [1.82, 2.24) is 9.97 Å². The minimum atomic E-state index is -5.03. The van der Waals surface area contributed by atoms with Crippen LogP contribution in [-0.4, -0.2) is 41.5 Å². The highest BCUT2D eigenvalue weighted by Crippen LogP contribution is 2.44. The first-order valence-electron chi connectivity index (χ1n) is 12.1. The second-order valence-electron chi connectivity index (χ2n) is 9.30. The number of nitrogens with one attached hydrogen (secondary N) is 1. The number of fused-ring (bicyclic) bond motifs is 3. The number of halogens is 4. The van der Waals surface area contributed by atoms with E-state index in [-0.39, 0.29) is 23.4 Å². The highest BCUT2D eigenvalue weighted by atomic mass is 19.4. The van der Waals surface area contributed by atoms with Gasteiger partial charge in [-0.05, 0) is 61.2 Å². The zero-order valence-corrected chi connectivity index (χ0v) is 20.6. The molecule has 198 valence electrons. The molecule has 3 aromatic rings. The zero-order valence-electron chi connectivity index (χ0n) is 20.6. The fourth-order valence-electron chi connectivity index (χ4n) is 5.11. The Balaban J connectivity index is 1.48. The van der Waals surface area contributed by atoms with E-state index in [4.69, 9.17) is 4.74 Å². The van der Waals surface area contributed by atoms with E-state index >= 15 is 0 Å². The van der Waals surface area contributed by atoms with Gasteiger partial charge in [-0.2, -0.15) is 13.2 Å². The van der Waals surface area contributed by atoms with Gasteiger partial charge in [-0.15, -0.1) is 0 Å². The number of ether oxygens (including phenoxy) is 1. The van der Waals surface area contributed by atoms with Gasteiger partial charge in [-0.25, -0.2) is 14.4 Å². The van der Waals surface area contributed by atoms with E-state index in [9.17, 15) is 27.2 Å². The van der Waals surface area contributed by atoms with Gasteiger partial charge in [0, 0.05) is 42.7 Å². The number of rotatable bonds is 4. The van der Waals surface area contributed by atoms with E-state index in [1.807, 2.05) is 19.9 Å². The van der Waals surface area contributed by atoms with Crippen LogP contribution in [0.15, 0.2) is 42.7 Å². The molecule has 0 unspecified atom stereocenters. The molecule has 0 saturated carbocycles. The van der Waals surface area contributed by atoms with Crippen molar-refractivity contribution in [1.29, 1.82) is 0 Å². The number of hydrogen-bond donors (Lipinski definition) is 1. The molecule has 2 aromatic heterocycles. The van der Waals surface area contributed by atoms with E-state index < -0.39 is 29.2 Å². The molecule has 11 heteroatoms. The maximum atomic E-state index is 14.4. The second-order valence-corrected chi connectivity index (χ2v) is 9.30. The zero-order chi connectivity index (χ0) is 27.2. The third kappa shape index (κ3) is 4.51. The number of nitrogens with zero attached hydrogens (tertiary/aromatic N) is 3. The van der Waals surface area contributed by atoms with Crippen LogP contribution in [0.2, 0.25) is 0 Å². The van der Waals surface area contributed by atoms with Crippen molar-refractivity contribution in [2.24, 2.45) is 5.92 Å². The molecule has 2 aliphatic heterocycles. The molecule has 1 fully saturated rings.